The van der Waals surface area contributed by atoms with Gasteiger partial charge in [0, 0.05) is 86.9 Å². The number of hydrogen-bond donors (Lipinski definition) is 4. The summed E-state index contributed by atoms with van der Waals surface area (Å²) in [6.45, 7) is 19.5. The summed E-state index contributed by atoms with van der Waals surface area (Å²) in [5.74, 6) is -0.881. The minimum absolute atomic E-state index is 0.00425. The molecule has 6 heterocycles. The van der Waals surface area contributed by atoms with Crippen molar-refractivity contribution in [3.05, 3.63) is 71.5 Å². The highest BCUT2D eigenvalue weighted by Crippen LogP contribution is 2.42. The number of methoxy groups -OCH3 is 1. The van der Waals surface area contributed by atoms with Gasteiger partial charge in [0.25, 0.3) is 5.91 Å². The van der Waals surface area contributed by atoms with E-state index in [9.17, 15) is 19.5 Å². The average molecular weight is 891 g/mol. The van der Waals surface area contributed by atoms with E-state index in [1.54, 1.807) is 25.4 Å². The molecule has 4 aliphatic rings. The van der Waals surface area contributed by atoms with Crippen LogP contribution in [0, 0.1) is 11.3 Å². The van der Waals surface area contributed by atoms with Crippen LogP contribution in [0.1, 0.15) is 90.2 Å². The second kappa shape index (κ2) is 19.9. The van der Waals surface area contributed by atoms with E-state index < -0.39 is 29.5 Å². The van der Waals surface area contributed by atoms with Gasteiger partial charge in [-0.15, -0.1) is 0 Å². The smallest absolute Gasteiger partial charge is 0.324 e. The predicted molar refractivity (Wildman–Crippen MR) is 253 cm³/mol. The number of aryl methyl sites for hydroxylation is 1. The summed E-state index contributed by atoms with van der Waals surface area (Å²) in [5.41, 5.74) is 10.1. The Labute approximate surface area is 384 Å². The molecular formula is C51H70N8O6. The second-order valence-electron chi connectivity index (χ2n) is 19.9. The third-order valence-corrected chi connectivity index (χ3v) is 13.8. The van der Waals surface area contributed by atoms with Gasteiger partial charge in [-0.1, -0.05) is 39.8 Å². The van der Waals surface area contributed by atoms with Gasteiger partial charge in [-0.3, -0.25) is 29.3 Å². The molecule has 3 fully saturated rings. The largest absolute Gasteiger partial charge is 0.508 e. The van der Waals surface area contributed by atoms with Crippen molar-refractivity contribution in [3.8, 4) is 28.1 Å². The van der Waals surface area contributed by atoms with Crippen molar-refractivity contribution in [2.45, 2.75) is 117 Å². The van der Waals surface area contributed by atoms with Crippen LogP contribution in [0.4, 0.5) is 0 Å². The molecule has 2 amide bonds. The van der Waals surface area contributed by atoms with Gasteiger partial charge in [-0.05, 0) is 124 Å². The molecule has 5 atom stereocenters. The summed E-state index contributed by atoms with van der Waals surface area (Å²) in [5, 5.41) is 20.6. The van der Waals surface area contributed by atoms with E-state index in [-0.39, 0.29) is 42.6 Å². The number of rotatable bonds is 10. The first-order valence-corrected chi connectivity index (χ1v) is 23.9. The molecule has 4 N–H and O–H groups in total. The third-order valence-electron chi connectivity index (χ3n) is 13.8. The maximum Gasteiger partial charge on any atom is 0.324 e. The number of phenols is 1. The number of carbonyl (C=O) groups excluding carboxylic acids is 3. The molecule has 6 bridgehead atoms. The fraction of sp³-hybridized carbons (Fsp3) is 0.569. The summed E-state index contributed by atoms with van der Waals surface area (Å²) in [4.78, 5) is 53.0. The van der Waals surface area contributed by atoms with Crippen molar-refractivity contribution in [1.29, 1.82) is 0 Å². The van der Waals surface area contributed by atoms with E-state index in [0.29, 0.717) is 44.0 Å². The van der Waals surface area contributed by atoms with Crippen LogP contribution in [0.5, 0.6) is 5.75 Å². The molecule has 3 saturated heterocycles. The zero-order valence-electron chi connectivity index (χ0n) is 39.5. The molecule has 2 aromatic heterocycles. The Balaban J connectivity index is 1.18. The lowest BCUT2D eigenvalue weighted by atomic mass is 9.84. The number of amides is 2. The first-order valence-electron chi connectivity index (χ1n) is 23.9. The van der Waals surface area contributed by atoms with Crippen molar-refractivity contribution < 1.29 is 29.0 Å². The molecule has 4 aliphatic heterocycles. The lowest BCUT2D eigenvalue weighted by Gasteiger charge is -2.38. The van der Waals surface area contributed by atoms with Crippen LogP contribution < -0.4 is 16.1 Å². The quantitative estimate of drug-likeness (QED) is 0.112. The van der Waals surface area contributed by atoms with Gasteiger partial charge >= 0.3 is 5.97 Å². The zero-order valence-corrected chi connectivity index (χ0v) is 39.5. The number of phenolic OH excluding ortho intramolecular Hbond substituents is 1. The molecule has 0 aliphatic carbocycles. The first-order chi connectivity index (χ1) is 31.2. The minimum Gasteiger partial charge on any atom is -0.508 e. The Morgan fingerprint density at radius 2 is 1.78 bits per heavy atom. The SMILES string of the molecule is CCn1c(-c2cccnc2[C@H](C)OC)c2c3cc(ccc31)-c1cc(O)cc(c1)C[C@H](NC(=O)C(C(C)C)N1CCCN(C[C@H]3CN3)CCC1)C(=O)N1CCC[C@H](N1)C(=O)OCC(C)(C)C2. The lowest BCUT2D eigenvalue weighted by molar-refractivity contribution is -0.155. The number of hydrogen-bond acceptors (Lipinski definition) is 11. The number of nitrogens with one attached hydrogen (secondary N) is 3. The number of aromatic nitrogens is 2. The minimum atomic E-state index is -0.979. The molecule has 0 spiro atoms. The first kappa shape index (κ1) is 46.7. The van der Waals surface area contributed by atoms with E-state index in [0.717, 1.165) is 96.7 Å². The Morgan fingerprint density at radius 3 is 2.49 bits per heavy atom. The van der Waals surface area contributed by atoms with Crippen molar-refractivity contribution in [2.24, 2.45) is 11.3 Å². The highest BCUT2D eigenvalue weighted by atomic mass is 16.5. The summed E-state index contributed by atoms with van der Waals surface area (Å²) < 4.78 is 14.3. The van der Waals surface area contributed by atoms with Crippen LogP contribution in [-0.4, -0.2) is 131 Å². The third kappa shape index (κ3) is 10.6. The highest BCUT2D eigenvalue weighted by Gasteiger charge is 2.38. The highest BCUT2D eigenvalue weighted by molar-refractivity contribution is 5.95. The number of aromatic hydroxyl groups is 1. The van der Waals surface area contributed by atoms with Crippen LogP contribution in [0.2, 0.25) is 0 Å². The van der Waals surface area contributed by atoms with E-state index in [4.69, 9.17) is 14.5 Å². The van der Waals surface area contributed by atoms with Gasteiger partial charge in [0.2, 0.25) is 5.91 Å². The predicted octanol–water partition coefficient (Wildman–Crippen LogP) is 5.85. The van der Waals surface area contributed by atoms with Gasteiger partial charge in [0.1, 0.15) is 17.8 Å². The van der Waals surface area contributed by atoms with Crippen molar-refractivity contribution in [2.75, 3.05) is 59.5 Å². The van der Waals surface area contributed by atoms with Crippen LogP contribution >= 0.6 is 0 Å². The van der Waals surface area contributed by atoms with Gasteiger partial charge < -0.3 is 34.7 Å². The van der Waals surface area contributed by atoms with E-state index in [1.165, 1.54) is 5.01 Å². The number of benzene rings is 2. The lowest BCUT2D eigenvalue weighted by Crippen LogP contribution is -2.62. The molecule has 2 aromatic carbocycles. The van der Waals surface area contributed by atoms with Gasteiger partial charge in [0.15, 0.2) is 0 Å². The Kier molecular flexibility index (Phi) is 14.3. The van der Waals surface area contributed by atoms with E-state index >= 15 is 0 Å². The summed E-state index contributed by atoms with van der Waals surface area (Å²) in [6, 6.07) is 14.4. The number of ether oxygens (including phenoxy) is 2. The molecule has 14 nitrogen and oxygen atoms in total. The molecule has 1 unspecified atom stereocenters. The fourth-order valence-electron chi connectivity index (χ4n) is 10.4. The number of esters is 1. The van der Waals surface area contributed by atoms with Crippen LogP contribution in [-0.2, 0) is 43.2 Å². The monoisotopic (exact) mass is 891 g/mol. The molecule has 65 heavy (non-hydrogen) atoms. The maximum atomic E-state index is 14.8. The molecule has 350 valence electrons. The standard InChI is InChI=1S/C51H70N8O6/c1-8-58-44-16-15-35-27-40(44)41(47(58)39-13-9-17-52-45(39)33(4)64-7)28-51(5,6)31-65-50(63)42-14-10-22-59(55-42)49(62)43(25-34-23-36(35)26-38(60)24-34)54-48(61)46(32(2)3)57-20-11-18-56(19-12-21-57)30-37-29-53-37/h9,13,15-17,23-24,26-27,32-33,37,42-43,46,53,55,60H,8,10-12,14,18-22,25,28-31H2,1-7H3,(H,54,61)/t33-,37+,42-,43-,46?/m0/s1. The normalized spacial score (nSPS) is 23.3. The Hall–Kier alpha value is -4.86. The number of hydrazine groups is 1. The topological polar surface area (TPSA) is 163 Å². The summed E-state index contributed by atoms with van der Waals surface area (Å²) in [7, 11) is 1.69. The van der Waals surface area contributed by atoms with Crippen molar-refractivity contribution >= 4 is 28.7 Å². The van der Waals surface area contributed by atoms with Crippen molar-refractivity contribution in [1.82, 2.24) is 40.4 Å². The summed E-state index contributed by atoms with van der Waals surface area (Å²) in [6.07, 6.45) is 5.27. The molecule has 8 rings (SSSR count). The average Bonchev–Trinajstić information content (AvgIpc) is 4.05. The molecule has 4 aromatic rings. The second-order valence-corrected chi connectivity index (χ2v) is 19.9. The van der Waals surface area contributed by atoms with Crippen LogP contribution in [0.15, 0.2) is 54.7 Å². The zero-order chi connectivity index (χ0) is 46.0. The molecule has 14 heteroatoms. The molecular weight excluding hydrogens is 821 g/mol. The Morgan fingerprint density at radius 1 is 1.02 bits per heavy atom. The Bertz CT molecular complexity index is 2350. The molecule has 0 saturated carbocycles. The number of nitrogens with zero attached hydrogens (tertiary/aromatic N) is 5. The number of cyclic esters (lactones) is 1. The fourth-order valence-corrected chi connectivity index (χ4v) is 10.4. The van der Waals surface area contributed by atoms with Crippen LogP contribution in [0.3, 0.4) is 0 Å². The number of pyridine rings is 1. The van der Waals surface area contributed by atoms with E-state index in [1.807, 2.05) is 19.1 Å². The maximum absolute atomic E-state index is 14.8. The number of carbonyl (C=O) groups is 3. The van der Waals surface area contributed by atoms with Gasteiger partial charge in [-0.2, -0.15) is 0 Å². The van der Waals surface area contributed by atoms with Gasteiger partial charge in [-0.25, -0.2) is 5.43 Å². The van der Waals surface area contributed by atoms with Crippen LogP contribution in [0.25, 0.3) is 33.3 Å². The summed E-state index contributed by atoms with van der Waals surface area (Å²) >= 11 is 0. The van der Waals surface area contributed by atoms with Gasteiger partial charge in [0.05, 0.1) is 30.1 Å². The molecule has 0 radical (unpaired) electrons. The number of fused-ring (bicyclic) bond motifs is 6. The van der Waals surface area contributed by atoms with Crippen molar-refractivity contribution in [3.63, 3.8) is 0 Å². The van der Waals surface area contributed by atoms with E-state index in [2.05, 4.69) is 89.3 Å².